The molecule has 0 aliphatic carbocycles. The van der Waals surface area contributed by atoms with Crippen LogP contribution in [0.3, 0.4) is 0 Å². The van der Waals surface area contributed by atoms with Crippen LogP contribution in [0.2, 0.25) is 10.0 Å². The van der Waals surface area contributed by atoms with E-state index in [4.69, 9.17) is 27.7 Å². The number of nitrogens with one attached hydrogen (secondary N) is 1. The molecular weight excluding hydrogens is 302 g/mol. The summed E-state index contributed by atoms with van der Waals surface area (Å²) in [5.41, 5.74) is 2.37. The van der Waals surface area contributed by atoms with Gasteiger partial charge in [-0.05, 0) is 32.9 Å². The molecule has 2 aromatic rings. The first-order valence-corrected chi connectivity index (χ1v) is 6.96. The fraction of sp³-hybridized carbons (Fsp3) is 0.357. The summed E-state index contributed by atoms with van der Waals surface area (Å²) in [4.78, 5) is 0. The maximum absolute atomic E-state index is 13.5. The molecule has 108 valence electrons. The topological polar surface area (TPSA) is 38.1 Å². The average molecular weight is 317 g/mol. The molecule has 1 N–H and O–H groups in total. The van der Waals surface area contributed by atoms with Gasteiger partial charge in [0.15, 0.2) is 0 Å². The molecule has 1 aromatic carbocycles. The predicted octanol–water partition coefficient (Wildman–Crippen LogP) is 4.59. The van der Waals surface area contributed by atoms with Crippen molar-refractivity contribution in [2.45, 2.75) is 33.4 Å². The monoisotopic (exact) mass is 316 g/mol. The van der Waals surface area contributed by atoms with Gasteiger partial charge in [-0.15, -0.1) is 0 Å². The van der Waals surface area contributed by atoms with Crippen molar-refractivity contribution in [3.8, 4) is 0 Å². The van der Waals surface area contributed by atoms with Gasteiger partial charge >= 0.3 is 0 Å². The fourth-order valence-corrected chi connectivity index (χ4v) is 2.75. The van der Waals surface area contributed by atoms with E-state index in [-0.39, 0.29) is 11.1 Å². The Kier molecular flexibility index (Phi) is 4.68. The van der Waals surface area contributed by atoms with Crippen molar-refractivity contribution in [2.24, 2.45) is 0 Å². The van der Waals surface area contributed by atoms with Crippen molar-refractivity contribution in [2.75, 3.05) is 0 Å². The van der Waals surface area contributed by atoms with E-state index < -0.39 is 5.82 Å². The van der Waals surface area contributed by atoms with Crippen LogP contribution in [0.1, 0.15) is 35.5 Å². The number of benzene rings is 1. The summed E-state index contributed by atoms with van der Waals surface area (Å²) in [6.45, 7) is 6.15. The third-order valence-corrected chi connectivity index (χ3v) is 3.99. The van der Waals surface area contributed by atoms with Crippen molar-refractivity contribution in [1.29, 1.82) is 0 Å². The lowest BCUT2D eigenvalue weighted by molar-refractivity contribution is 0.391. The van der Waals surface area contributed by atoms with Crippen LogP contribution in [-0.2, 0) is 6.54 Å². The van der Waals surface area contributed by atoms with Crippen LogP contribution in [-0.4, -0.2) is 5.16 Å². The number of aromatic nitrogens is 1. The van der Waals surface area contributed by atoms with Gasteiger partial charge in [-0.25, -0.2) is 4.39 Å². The van der Waals surface area contributed by atoms with Gasteiger partial charge in [-0.2, -0.15) is 0 Å². The number of nitrogens with zero attached hydrogens (tertiary/aromatic N) is 1. The Balaban J connectivity index is 2.17. The van der Waals surface area contributed by atoms with Crippen molar-refractivity contribution < 1.29 is 8.91 Å². The van der Waals surface area contributed by atoms with Crippen LogP contribution in [0.15, 0.2) is 16.7 Å². The summed E-state index contributed by atoms with van der Waals surface area (Å²) in [5.74, 6) is 0.288. The van der Waals surface area contributed by atoms with E-state index in [2.05, 4.69) is 10.5 Å². The number of rotatable bonds is 4. The minimum atomic E-state index is -0.475. The number of hydrogen-bond acceptors (Lipinski definition) is 3. The molecule has 1 aromatic heterocycles. The first-order chi connectivity index (χ1) is 9.41. The molecule has 0 saturated carbocycles. The highest BCUT2D eigenvalue weighted by Crippen LogP contribution is 2.32. The Hall–Kier alpha value is -1.10. The predicted molar refractivity (Wildman–Crippen MR) is 77.7 cm³/mol. The molecule has 0 aliphatic rings. The van der Waals surface area contributed by atoms with Crippen LogP contribution in [0.5, 0.6) is 0 Å². The molecule has 0 amide bonds. The minimum Gasteiger partial charge on any atom is -0.361 e. The van der Waals surface area contributed by atoms with Gasteiger partial charge in [-0.3, -0.25) is 0 Å². The normalized spacial score (nSPS) is 12.7. The van der Waals surface area contributed by atoms with E-state index in [1.54, 1.807) is 0 Å². The van der Waals surface area contributed by atoms with Crippen molar-refractivity contribution in [1.82, 2.24) is 10.5 Å². The maximum Gasteiger partial charge on any atom is 0.142 e. The molecule has 0 aliphatic heterocycles. The molecule has 1 heterocycles. The smallest absolute Gasteiger partial charge is 0.142 e. The van der Waals surface area contributed by atoms with Gasteiger partial charge in [0.25, 0.3) is 0 Å². The molecule has 0 bridgehead atoms. The maximum atomic E-state index is 13.5. The van der Waals surface area contributed by atoms with Gasteiger partial charge in [-0.1, -0.05) is 28.4 Å². The molecular formula is C14H15Cl2FN2O. The van der Waals surface area contributed by atoms with Crippen LogP contribution in [0.4, 0.5) is 4.39 Å². The summed E-state index contributed by atoms with van der Waals surface area (Å²) >= 11 is 12.1. The quantitative estimate of drug-likeness (QED) is 0.838. The lowest BCUT2D eigenvalue weighted by Crippen LogP contribution is -2.19. The molecule has 1 atom stereocenters. The van der Waals surface area contributed by atoms with Gasteiger partial charge in [0.1, 0.15) is 11.6 Å². The molecule has 0 fully saturated rings. The van der Waals surface area contributed by atoms with Crippen LogP contribution >= 0.6 is 23.2 Å². The molecule has 0 spiro atoms. The summed E-state index contributed by atoms with van der Waals surface area (Å²) in [5, 5.41) is 7.64. The van der Waals surface area contributed by atoms with Gasteiger partial charge < -0.3 is 9.84 Å². The highest BCUT2D eigenvalue weighted by atomic mass is 35.5. The first-order valence-electron chi connectivity index (χ1n) is 6.20. The average Bonchev–Trinajstić information content (AvgIpc) is 2.72. The fourth-order valence-electron chi connectivity index (χ4n) is 2.05. The number of aryl methyl sites for hydroxylation is 2. The summed E-state index contributed by atoms with van der Waals surface area (Å²) < 4.78 is 18.6. The largest absolute Gasteiger partial charge is 0.361 e. The van der Waals surface area contributed by atoms with Gasteiger partial charge in [0, 0.05) is 28.7 Å². The van der Waals surface area contributed by atoms with Crippen molar-refractivity contribution in [3.63, 3.8) is 0 Å². The lowest BCUT2D eigenvalue weighted by Gasteiger charge is -2.17. The van der Waals surface area contributed by atoms with Crippen molar-refractivity contribution in [3.05, 3.63) is 50.6 Å². The van der Waals surface area contributed by atoms with E-state index >= 15 is 0 Å². The second kappa shape index (κ2) is 6.12. The van der Waals surface area contributed by atoms with E-state index in [9.17, 15) is 4.39 Å². The third-order valence-electron chi connectivity index (χ3n) is 3.28. The van der Waals surface area contributed by atoms with Crippen molar-refractivity contribution >= 4 is 23.2 Å². The lowest BCUT2D eigenvalue weighted by atomic mass is 10.1. The molecule has 1 unspecified atom stereocenters. The molecule has 2 rings (SSSR count). The van der Waals surface area contributed by atoms with Gasteiger partial charge in [0.2, 0.25) is 0 Å². The zero-order chi connectivity index (χ0) is 14.9. The number of halogens is 3. The van der Waals surface area contributed by atoms with E-state index in [1.165, 1.54) is 12.1 Å². The Labute approximate surface area is 127 Å². The molecule has 6 heteroatoms. The van der Waals surface area contributed by atoms with Crippen LogP contribution < -0.4 is 5.32 Å². The van der Waals surface area contributed by atoms with E-state index in [0.29, 0.717) is 17.1 Å². The standard InChI is InChI=1S/C14H15Cl2FN2O/c1-7-10(9(3)20-19-7)6-18-8(2)13-11(15)4-5-12(17)14(13)16/h4-5,8,18H,6H2,1-3H3. The number of hydrogen-bond donors (Lipinski definition) is 1. The summed E-state index contributed by atoms with van der Waals surface area (Å²) in [6, 6.07) is 2.57. The van der Waals surface area contributed by atoms with Crippen LogP contribution in [0.25, 0.3) is 0 Å². The second-order valence-corrected chi connectivity index (χ2v) is 5.45. The van der Waals surface area contributed by atoms with E-state index in [1.807, 2.05) is 20.8 Å². The summed E-state index contributed by atoms with van der Waals surface area (Å²) in [6.07, 6.45) is 0. The second-order valence-electron chi connectivity index (χ2n) is 4.66. The van der Waals surface area contributed by atoms with Crippen LogP contribution in [0, 0.1) is 19.7 Å². The minimum absolute atomic E-state index is 0.0521. The third kappa shape index (κ3) is 2.97. The highest BCUT2D eigenvalue weighted by molar-refractivity contribution is 6.36. The zero-order valence-electron chi connectivity index (χ0n) is 11.4. The summed E-state index contributed by atoms with van der Waals surface area (Å²) in [7, 11) is 0. The Morgan fingerprint density at radius 3 is 2.65 bits per heavy atom. The Bertz CT molecular complexity index is 608. The Morgan fingerprint density at radius 2 is 2.05 bits per heavy atom. The molecule has 0 radical (unpaired) electrons. The molecule has 3 nitrogen and oxygen atoms in total. The zero-order valence-corrected chi connectivity index (χ0v) is 12.9. The van der Waals surface area contributed by atoms with E-state index in [0.717, 1.165) is 17.0 Å². The Morgan fingerprint density at radius 1 is 1.35 bits per heavy atom. The molecule has 20 heavy (non-hydrogen) atoms. The van der Waals surface area contributed by atoms with Gasteiger partial charge in [0.05, 0.1) is 10.7 Å². The SMILES string of the molecule is Cc1noc(C)c1CNC(C)c1c(Cl)ccc(F)c1Cl. The highest BCUT2D eigenvalue weighted by Gasteiger charge is 2.18. The molecule has 0 saturated heterocycles. The first kappa shape index (κ1) is 15.3.